The molecule has 0 aromatic heterocycles. The monoisotopic (exact) mass is 295 g/mol. The van der Waals surface area contributed by atoms with Crippen LogP contribution in [-0.2, 0) is 4.79 Å². The van der Waals surface area contributed by atoms with E-state index in [1.54, 1.807) is 24.3 Å². The van der Waals surface area contributed by atoms with E-state index in [2.05, 4.69) is 5.32 Å². The van der Waals surface area contributed by atoms with E-state index in [-0.39, 0.29) is 0 Å². The van der Waals surface area contributed by atoms with E-state index in [0.29, 0.717) is 5.56 Å². The number of hydrogen-bond donors (Lipinski definition) is 2. The lowest BCUT2D eigenvalue weighted by Crippen LogP contribution is -2.47. The molecule has 0 heterocycles. The summed E-state index contributed by atoms with van der Waals surface area (Å²) in [5.74, 6) is -0.444. The maximum atomic E-state index is 10.8. The van der Waals surface area contributed by atoms with Crippen molar-refractivity contribution in [2.24, 2.45) is 0 Å². The van der Waals surface area contributed by atoms with Crippen LogP contribution in [0.5, 0.6) is 0 Å². The normalized spacial score (nSPS) is 15.1. The molecular formula is C11H12Cl3NO2. The lowest BCUT2D eigenvalue weighted by molar-refractivity contribution is -0.122. The van der Waals surface area contributed by atoms with Gasteiger partial charge in [-0.1, -0.05) is 53.5 Å². The van der Waals surface area contributed by atoms with Crippen molar-refractivity contribution in [1.29, 1.82) is 0 Å². The summed E-state index contributed by atoms with van der Waals surface area (Å²) in [6.45, 7) is 1.25. The van der Waals surface area contributed by atoms with Crippen LogP contribution in [0, 0.1) is 0 Å². The fourth-order valence-corrected chi connectivity index (χ4v) is 1.90. The van der Waals surface area contributed by atoms with Crippen molar-refractivity contribution >= 4 is 40.7 Å². The highest BCUT2D eigenvalue weighted by molar-refractivity contribution is 6.52. The maximum absolute atomic E-state index is 10.8. The lowest BCUT2D eigenvalue weighted by atomic mass is 10.1. The Kier molecular flexibility index (Phi) is 5.07. The van der Waals surface area contributed by atoms with Gasteiger partial charge < -0.3 is 10.4 Å². The molecule has 2 atom stereocenters. The van der Waals surface area contributed by atoms with Crippen molar-refractivity contribution in [3.05, 3.63) is 35.9 Å². The Morgan fingerprint density at radius 2 is 1.88 bits per heavy atom. The molecule has 1 rings (SSSR count). The van der Waals surface area contributed by atoms with E-state index < -0.39 is 21.8 Å². The zero-order valence-electron chi connectivity index (χ0n) is 9.03. The van der Waals surface area contributed by atoms with Crippen LogP contribution in [0.25, 0.3) is 0 Å². The number of hydrogen-bond acceptors (Lipinski definition) is 2. The van der Waals surface area contributed by atoms with Gasteiger partial charge in [-0.2, -0.15) is 0 Å². The molecule has 1 amide bonds. The summed E-state index contributed by atoms with van der Waals surface area (Å²) in [5.41, 5.74) is 0.656. The fourth-order valence-electron chi connectivity index (χ4n) is 1.27. The van der Waals surface area contributed by atoms with Gasteiger partial charge in [-0.15, -0.1) is 11.6 Å². The number of carbonyl (C=O) groups is 1. The van der Waals surface area contributed by atoms with Gasteiger partial charge in [0.25, 0.3) is 0 Å². The molecule has 1 aromatic carbocycles. The van der Waals surface area contributed by atoms with Crippen molar-refractivity contribution in [1.82, 2.24) is 5.32 Å². The molecular weight excluding hydrogens is 284 g/mol. The lowest BCUT2D eigenvalue weighted by Gasteiger charge is -2.30. The van der Waals surface area contributed by atoms with Crippen molar-refractivity contribution in [2.75, 3.05) is 0 Å². The van der Waals surface area contributed by atoms with E-state index in [1.807, 2.05) is 6.07 Å². The molecule has 0 aliphatic rings. The highest BCUT2D eigenvalue weighted by Gasteiger charge is 2.42. The summed E-state index contributed by atoms with van der Waals surface area (Å²) >= 11 is 18.1. The van der Waals surface area contributed by atoms with Gasteiger partial charge >= 0.3 is 0 Å². The Labute approximate surface area is 115 Å². The number of carbonyl (C=O) groups excluding carboxylic acids is 1. The zero-order chi connectivity index (χ0) is 13.1. The van der Waals surface area contributed by atoms with Gasteiger partial charge in [0.15, 0.2) is 10.6 Å². The first kappa shape index (κ1) is 14.6. The van der Waals surface area contributed by atoms with Gasteiger partial charge in [-0.05, 0) is 5.56 Å². The van der Waals surface area contributed by atoms with Crippen molar-refractivity contribution in [2.45, 2.75) is 22.9 Å². The van der Waals surface area contributed by atoms with Gasteiger partial charge in [-0.3, -0.25) is 4.79 Å². The fraction of sp³-hybridized carbons (Fsp3) is 0.364. The number of nitrogens with one attached hydrogen (secondary N) is 1. The smallest absolute Gasteiger partial charge is 0.218 e. The number of amides is 1. The van der Waals surface area contributed by atoms with Gasteiger partial charge in [0, 0.05) is 6.92 Å². The van der Waals surface area contributed by atoms with E-state index in [9.17, 15) is 9.90 Å². The molecule has 0 fully saturated rings. The Balaban J connectivity index is 2.86. The third-order valence-electron chi connectivity index (χ3n) is 2.13. The quantitative estimate of drug-likeness (QED) is 0.663. The highest BCUT2D eigenvalue weighted by Crippen LogP contribution is 2.42. The zero-order valence-corrected chi connectivity index (χ0v) is 11.3. The topological polar surface area (TPSA) is 49.3 Å². The SMILES string of the molecule is CC(=O)NC(O)C(Cl)(Cl)C(Cl)c1ccccc1. The van der Waals surface area contributed by atoms with Crippen LogP contribution in [0.15, 0.2) is 30.3 Å². The van der Waals surface area contributed by atoms with Crippen LogP contribution >= 0.6 is 34.8 Å². The standard InChI is InChI=1S/C11H12Cl3NO2/c1-7(16)15-10(17)11(13,14)9(12)8-5-3-2-4-6-8/h2-6,9-10,17H,1H3,(H,15,16). The highest BCUT2D eigenvalue weighted by atomic mass is 35.5. The number of rotatable bonds is 4. The van der Waals surface area contributed by atoms with Crippen molar-refractivity contribution in [3.63, 3.8) is 0 Å². The molecule has 0 spiro atoms. The first-order valence-electron chi connectivity index (χ1n) is 4.87. The van der Waals surface area contributed by atoms with Crippen LogP contribution in [0.1, 0.15) is 17.9 Å². The minimum Gasteiger partial charge on any atom is -0.370 e. The molecule has 0 saturated carbocycles. The van der Waals surface area contributed by atoms with Crippen LogP contribution in [0.4, 0.5) is 0 Å². The molecule has 0 bridgehead atoms. The summed E-state index contributed by atoms with van der Waals surface area (Å²) in [6, 6.07) is 8.84. The van der Waals surface area contributed by atoms with Gasteiger partial charge in [0.05, 0.1) is 5.38 Å². The van der Waals surface area contributed by atoms with Crippen LogP contribution in [0.3, 0.4) is 0 Å². The molecule has 94 valence electrons. The van der Waals surface area contributed by atoms with E-state index in [0.717, 1.165) is 0 Å². The van der Waals surface area contributed by atoms with E-state index in [4.69, 9.17) is 34.8 Å². The second-order valence-corrected chi connectivity index (χ2v) is 5.43. The van der Waals surface area contributed by atoms with Crippen LogP contribution in [-0.4, -0.2) is 21.6 Å². The van der Waals surface area contributed by atoms with Crippen molar-refractivity contribution in [3.8, 4) is 0 Å². The van der Waals surface area contributed by atoms with E-state index in [1.165, 1.54) is 6.92 Å². The molecule has 0 aliphatic heterocycles. The summed E-state index contributed by atoms with van der Waals surface area (Å²) in [6.07, 6.45) is -1.45. The van der Waals surface area contributed by atoms with E-state index >= 15 is 0 Å². The van der Waals surface area contributed by atoms with Crippen LogP contribution in [0.2, 0.25) is 0 Å². The minimum atomic E-state index is -1.71. The number of halogens is 3. The maximum Gasteiger partial charge on any atom is 0.218 e. The van der Waals surface area contributed by atoms with Gasteiger partial charge in [0.1, 0.15) is 0 Å². The number of alkyl halides is 3. The van der Waals surface area contributed by atoms with Crippen molar-refractivity contribution < 1.29 is 9.90 Å². The molecule has 2 N–H and O–H groups in total. The molecule has 3 nitrogen and oxygen atoms in total. The Morgan fingerprint density at radius 1 is 1.35 bits per heavy atom. The number of aliphatic hydroxyl groups is 1. The third-order valence-corrected chi connectivity index (χ3v) is 3.80. The number of benzene rings is 1. The van der Waals surface area contributed by atoms with Crippen LogP contribution < -0.4 is 5.32 Å². The molecule has 0 aliphatic carbocycles. The molecule has 0 saturated heterocycles. The molecule has 2 unspecified atom stereocenters. The second kappa shape index (κ2) is 5.91. The average molecular weight is 297 g/mol. The predicted molar refractivity (Wildman–Crippen MR) is 69.3 cm³/mol. The Morgan fingerprint density at radius 3 is 2.35 bits per heavy atom. The third kappa shape index (κ3) is 3.75. The summed E-state index contributed by atoms with van der Waals surface area (Å²) < 4.78 is -1.71. The Bertz CT molecular complexity index is 384. The summed E-state index contributed by atoms with van der Waals surface area (Å²) in [5, 5.41) is 11.0. The average Bonchev–Trinajstić information content (AvgIpc) is 2.28. The molecule has 17 heavy (non-hydrogen) atoms. The van der Waals surface area contributed by atoms with Gasteiger partial charge in [-0.25, -0.2) is 0 Å². The first-order valence-corrected chi connectivity index (χ1v) is 6.07. The second-order valence-electron chi connectivity index (χ2n) is 3.55. The summed E-state index contributed by atoms with van der Waals surface area (Å²) in [4.78, 5) is 10.8. The van der Waals surface area contributed by atoms with Gasteiger partial charge in [0.2, 0.25) is 5.91 Å². The molecule has 6 heteroatoms. The largest absolute Gasteiger partial charge is 0.370 e. The predicted octanol–water partition coefficient (Wildman–Crippen LogP) is 2.59. The first-order chi connectivity index (χ1) is 7.85. The summed E-state index contributed by atoms with van der Waals surface area (Å²) in [7, 11) is 0. The number of aliphatic hydroxyl groups excluding tert-OH is 1. The molecule has 0 radical (unpaired) electrons. The Hall–Kier alpha value is -0.480. The minimum absolute atomic E-state index is 0.444. The molecule has 1 aromatic rings.